The summed E-state index contributed by atoms with van der Waals surface area (Å²) in [4.78, 5) is 16.4. The fraction of sp³-hybridized carbons (Fsp3) is 0.929. The number of piperazine rings is 1. The lowest BCUT2D eigenvalue weighted by Gasteiger charge is -2.44. The largest absolute Gasteiger partial charge is 0.385 e. The van der Waals surface area contributed by atoms with Crippen LogP contribution in [0.15, 0.2) is 0 Å². The molecule has 118 valence electrons. The number of carbonyl (C=O) groups excluding carboxylic acids is 1. The van der Waals surface area contributed by atoms with Gasteiger partial charge in [-0.2, -0.15) is 0 Å². The highest BCUT2D eigenvalue weighted by atomic mass is 16.5. The van der Waals surface area contributed by atoms with Crippen LogP contribution in [0.3, 0.4) is 0 Å². The van der Waals surface area contributed by atoms with Crippen molar-refractivity contribution in [2.45, 2.75) is 32.4 Å². The maximum Gasteiger partial charge on any atom is 0.317 e. The Labute approximate surface area is 122 Å². The monoisotopic (exact) mass is 287 g/mol. The molecule has 0 aromatic heterocycles. The molecule has 0 saturated carbocycles. The van der Waals surface area contributed by atoms with Crippen LogP contribution in [0.2, 0.25) is 0 Å². The van der Waals surface area contributed by atoms with Crippen LogP contribution in [-0.2, 0) is 9.47 Å². The molecule has 1 fully saturated rings. The number of urea groups is 1. The first-order valence-corrected chi connectivity index (χ1v) is 7.36. The lowest BCUT2D eigenvalue weighted by Crippen LogP contribution is -2.60. The van der Waals surface area contributed by atoms with Crippen molar-refractivity contribution < 1.29 is 14.3 Å². The van der Waals surface area contributed by atoms with Crippen LogP contribution < -0.4 is 5.32 Å². The minimum Gasteiger partial charge on any atom is -0.385 e. The second-order valence-corrected chi connectivity index (χ2v) is 5.41. The van der Waals surface area contributed by atoms with Gasteiger partial charge in [-0.25, -0.2) is 4.79 Å². The highest BCUT2D eigenvalue weighted by Gasteiger charge is 2.31. The molecule has 2 atom stereocenters. The minimum atomic E-state index is 0.0114. The van der Waals surface area contributed by atoms with E-state index in [0.29, 0.717) is 25.2 Å². The van der Waals surface area contributed by atoms with Gasteiger partial charge in [0.2, 0.25) is 0 Å². The molecule has 0 aromatic carbocycles. The number of amides is 2. The zero-order valence-corrected chi connectivity index (χ0v) is 13.2. The van der Waals surface area contributed by atoms with Crippen molar-refractivity contribution in [3.05, 3.63) is 0 Å². The number of nitrogens with zero attached hydrogens (tertiary/aromatic N) is 2. The van der Waals surface area contributed by atoms with Gasteiger partial charge in [0.15, 0.2) is 0 Å². The predicted molar refractivity (Wildman–Crippen MR) is 79.0 cm³/mol. The van der Waals surface area contributed by atoms with Crippen molar-refractivity contribution in [3.8, 4) is 0 Å². The molecular weight excluding hydrogens is 258 g/mol. The highest BCUT2D eigenvalue weighted by Crippen LogP contribution is 2.16. The van der Waals surface area contributed by atoms with E-state index in [0.717, 1.165) is 32.7 Å². The molecule has 1 saturated heterocycles. The third kappa shape index (κ3) is 5.26. The summed E-state index contributed by atoms with van der Waals surface area (Å²) in [5.74, 6) is 0. The average molecular weight is 287 g/mol. The summed E-state index contributed by atoms with van der Waals surface area (Å²) in [6, 6.07) is 0.768. The maximum atomic E-state index is 12.1. The smallest absolute Gasteiger partial charge is 0.317 e. The van der Waals surface area contributed by atoms with Crippen molar-refractivity contribution in [2.75, 3.05) is 53.6 Å². The number of hydrogen-bond acceptors (Lipinski definition) is 4. The van der Waals surface area contributed by atoms with Crippen LogP contribution in [0.4, 0.5) is 4.79 Å². The first kappa shape index (κ1) is 17.2. The van der Waals surface area contributed by atoms with Gasteiger partial charge >= 0.3 is 6.03 Å². The van der Waals surface area contributed by atoms with E-state index in [-0.39, 0.29) is 6.03 Å². The lowest BCUT2D eigenvalue weighted by molar-refractivity contribution is 0.0476. The standard InChI is InChI=1S/C14H29N3O3/c1-12-10-16(14(18)15-6-9-20-4)11-13(2)17(12)7-5-8-19-3/h12-13H,5-11H2,1-4H3,(H,15,18). The third-order valence-electron chi connectivity index (χ3n) is 3.74. The molecule has 20 heavy (non-hydrogen) atoms. The van der Waals surface area contributed by atoms with Crippen LogP contribution in [0, 0.1) is 0 Å². The Morgan fingerprint density at radius 1 is 1.15 bits per heavy atom. The van der Waals surface area contributed by atoms with E-state index >= 15 is 0 Å². The van der Waals surface area contributed by atoms with Gasteiger partial charge in [-0.05, 0) is 20.3 Å². The van der Waals surface area contributed by atoms with E-state index in [1.54, 1.807) is 14.2 Å². The van der Waals surface area contributed by atoms with Crippen molar-refractivity contribution >= 4 is 6.03 Å². The van der Waals surface area contributed by atoms with Crippen molar-refractivity contribution in [3.63, 3.8) is 0 Å². The molecule has 0 spiro atoms. The first-order chi connectivity index (χ1) is 9.60. The molecule has 0 aliphatic carbocycles. The van der Waals surface area contributed by atoms with Crippen molar-refractivity contribution in [1.29, 1.82) is 0 Å². The minimum absolute atomic E-state index is 0.0114. The molecule has 2 amide bonds. The number of rotatable bonds is 7. The molecular formula is C14H29N3O3. The topological polar surface area (TPSA) is 54.0 Å². The molecule has 1 heterocycles. The number of methoxy groups -OCH3 is 2. The van der Waals surface area contributed by atoms with Crippen molar-refractivity contribution in [1.82, 2.24) is 15.1 Å². The zero-order valence-electron chi connectivity index (χ0n) is 13.2. The number of carbonyl (C=O) groups is 1. The second kappa shape index (κ2) is 9.15. The van der Waals surface area contributed by atoms with Crippen molar-refractivity contribution in [2.24, 2.45) is 0 Å². The summed E-state index contributed by atoms with van der Waals surface area (Å²) in [6.45, 7) is 8.83. The molecule has 2 unspecified atom stereocenters. The van der Waals surface area contributed by atoms with E-state index in [9.17, 15) is 4.79 Å². The van der Waals surface area contributed by atoms with Gasteiger partial charge in [0, 0.05) is 59.1 Å². The Hall–Kier alpha value is -0.850. The molecule has 0 bridgehead atoms. The zero-order chi connectivity index (χ0) is 15.0. The van der Waals surface area contributed by atoms with Crippen LogP contribution in [0.25, 0.3) is 0 Å². The Kier molecular flexibility index (Phi) is 7.87. The van der Waals surface area contributed by atoms with Crippen LogP contribution >= 0.6 is 0 Å². The SMILES string of the molecule is COCCCN1C(C)CN(C(=O)NCCOC)CC1C. The van der Waals surface area contributed by atoms with Gasteiger partial charge in [-0.1, -0.05) is 0 Å². The maximum absolute atomic E-state index is 12.1. The summed E-state index contributed by atoms with van der Waals surface area (Å²) >= 11 is 0. The molecule has 1 N–H and O–H groups in total. The summed E-state index contributed by atoms with van der Waals surface area (Å²) in [5.41, 5.74) is 0. The molecule has 0 radical (unpaired) electrons. The summed E-state index contributed by atoms with van der Waals surface area (Å²) in [5, 5.41) is 2.89. The third-order valence-corrected chi connectivity index (χ3v) is 3.74. The Morgan fingerprint density at radius 3 is 2.30 bits per heavy atom. The number of nitrogens with one attached hydrogen (secondary N) is 1. The molecule has 1 aliphatic rings. The fourth-order valence-electron chi connectivity index (χ4n) is 2.73. The molecule has 1 aliphatic heterocycles. The average Bonchev–Trinajstić information content (AvgIpc) is 2.42. The van der Waals surface area contributed by atoms with Gasteiger partial charge < -0.3 is 19.7 Å². The van der Waals surface area contributed by atoms with Gasteiger partial charge in [-0.15, -0.1) is 0 Å². The van der Waals surface area contributed by atoms with E-state index in [1.165, 1.54) is 0 Å². The lowest BCUT2D eigenvalue weighted by atomic mass is 10.1. The quantitative estimate of drug-likeness (QED) is 0.703. The van der Waals surface area contributed by atoms with Gasteiger partial charge in [0.1, 0.15) is 0 Å². The van der Waals surface area contributed by atoms with Crippen LogP contribution in [0.5, 0.6) is 0 Å². The Morgan fingerprint density at radius 2 is 1.75 bits per heavy atom. The number of ether oxygens (including phenoxy) is 2. The fourth-order valence-corrected chi connectivity index (χ4v) is 2.73. The van der Waals surface area contributed by atoms with Crippen LogP contribution in [0.1, 0.15) is 20.3 Å². The molecule has 6 heteroatoms. The highest BCUT2D eigenvalue weighted by molar-refractivity contribution is 5.74. The van der Waals surface area contributed by atoms with E-state index in [4.69, 9.17) is 9.47 Å². The Bertz CT molecular complexity index is 277. The molecule has 1 rings (SSSR count). The number of hydrogen-bond donors (Lipinski definition) is 1. The molecule has 6 nitrogen and oxygen atoms in total. The first-order valence-electron chi connectivity index (χ1n) is 7.36. The predicted octanol–water partition coefficient (Wildman–Crippen LogP) is 0.774. The summed E-state index contributed by atoms with van der Waals surface area (Å²) in [7, 11) is 3.37. The van der Waals surface area contributed by atoms with Gasteiger partial charge in [0.05, 0.1) is 6.61 Å². The summed E-state index contributed by atoms with van der Waals surface area (Å²) in [6.07, 6.45) is 1.03. The van der Waals surface area contributed by atoms with Gasteiger partial charge in [0.25, 0.3) is 0 Å². The Balaban J connectivity index is 2.40. The summed E-state index contributed by atoms with van der Waals surface area (Å²) < 4.78 is 10.0. The second-order valence-electron chi connectivity index (χ2n) is 5.41. The van der Waals surface area contributed by atoms with Gasteiger partial charge in [-0.3, -0.25) is 4.90 Å². The van der Waals surface area contributed by atoms with E-state index in [1.807, 2.05) is 4.90 Å². The van der Waals surface area contributed by atoms with E-state index < -0.39 is 0 Å². The van der Waals surface area contributed by atoms with E-state index in [2.05, 4.69) is 24.1 Å². The normalized spacial score (nSPS) is 23.9. The van der Waals surface area contributed by atoms with Crippen LogP contribution in [-0.4, -0.2) is 81.5 Å². The molecule has 0 aromatic rings.